The smallest absolute Gasteiger partial charge is 0.251 e. The number of nitrogens with zero attached hydrogens (tertiary/aromatic N) is 1. The van der Waals surface area contributed by atoms with Gasteiger partial charge < -0.3 is 10.2 Å². The van der Waals surface area contributed by atoms with Gasteiger partial charge in [-0.25, -0.2) is 0 Å². The van der Waals surface area contributed by atoms with E-state index >= 15 is 0 Å². The van der Waals surface area contributed by atoms with Gasteiger partial charge in [0.2, 0.25) is 0 Å². The SMILES string of the molecule is C[C@@H](NC(=O)c1ccc(N2CCCC2)cc1)c1ccccc1. The second-order valence-electron chi connectivity index (χ2n) is 5.85. The number of amides is 1. The lowest BCUT2D eigenvalue weighted by Crippen LogP contribution is -2.26. The van der Waals surface area contributed by atoms with Crippen molar-refractivity contribution in [3.63, 3.8) is 0 Å². The van der Waals surface area contributed by atoms with Crippen molar-refractivity contribution in [2.45, 2.75) is 25.8 Å². The molecule has 2 aromatic rings. The molecule has 22 heavy (non-hydrogen) atoms. The highest BCUT2D eigenvalue weighted by molar-refractivity contribution is 5.94. The monoisotopic (exact) mass is 294 g/mol. The highest BCUT2D eigenvalue weighted by atomic mass is 16.1. The van der Waals surface area contributed by atoms with E-state index in [4.69, 9.17) is 0 Å². The number of rotatable bonds is 4. The molecular formula is C19H22N2O. The van der Waals surface area contributed by atoms with Gasteiger partial charge in [0.1, 0.15) is 0 Å². The highest BCUT2D eigenvalue weighted by Gasteiger charge is 2.14. The summed E-state index contributed by atoms with van der Waals surface area (Å²) in [5.74, 6) is -0.0238. The van der Waals surface area contributed by atoms with Crippen molar-refractivity contribution in [3.05, 3.63) is 65.7 Å². The van der Waals surface area contributed by atoms with Gasteiger partial charge in [-0.15, -0.1) is 0 Å². The summed E-state index contributed by atoms with van der Waals surface area (Å²) in [6, 6.07) is 18.0. The summed E-state index contributed by atoms with van der Waals surface area (Å²) in [5.41, 5.74) is 3.04. The van der Waals surface area contributed by atoms with Crippen LogP contribution in [0.2, 0.25) is 0 Å². The van der Waals surface area contributed by atoms with E-state index in [1.165, 1.54) is 18.5 Å². The summed E-state index contributed by atoms with van der Waals surface area (Å²) < 4.78 is 0. The quantitative estimate of drug-likeness (QED) is 0.930. The second kappa shape index (κ2) is 6.65. The largest absolute Gasteiger partial charge is 0.372 e. The third-order valence-electron chi connectivity index (χ3n) is 4.25. The number of carbonyl (C=O) groups is 1. The Hall–Kier alpha value is -2.29. The average Bonchev–Trinajstić information content (AvgIpc) is 3.10. The van der Waals surface area contributed by atoms with Gasteiger partial charge in [0.05, 0.1) is 6.04 Å². The number of benzene rings is 2. The van der Waals surface area contributed by atoms with Crippen LogP contribution in [-0.2, 0) is 0 Å². The molecule has 1 N–H and O–H groups in total. The van der Waals surface area contributed by atoms with Crippen molar-refractivity contribution in [3.8, 4) is 0 Å². The molecule has 1 atom stereocenters. The maximum absolute atomic E-state index is 12.3. The van der Waals surface area contributed by atoms with Crippen molar-refractivity contribution in [2.24, 2.45) is 0 Å². The molecule has 0 bridgehead atoms. The summed E-state index contributed by atoms with van der Waals surface area (Å²) in [5, 5.41) is 3.05. The molecule has 1 saturated heterocycles. The molecule has 1 aliphatic rings. The van der Waals surface area contributed by atoms with Crippen LogP contribution in [0.4, 0.5) is 5.69 Å². The van der Waals surface area contributed by atoms with Crippen LogP contribution in [0.5, 0.6) is 0 Å². The molecule has 0 spiro atoms. The molecule has 0 aliphatic carbocycles. The molecule has 0 radical (unpaired) electrons. The fourth-order valence-electron chi connectivity index (χ4n) is 2.90. The molecule has 0 saturated carbocycles. The van der Waals surface area contributed by atoms with Crippen molar-refractivity contribution < 1.29 is 4.79 Å². The van der Waals surface area contributed by atoms with E-state index in [1.54, 1.807) is 0 Å². The summed E-state index contributed by atoms with van der Waals surface area (Å²) in [6.07, 6.45) is 2.52. The van der Waals surface area contributed by atoms with Crippen LogP contribution in [0, 0.1) is 0 Å². The maximum atomic E-state index is 12.3. The lowest BCUT2D eigenvalue weighted by Gasteiger charge is -2.18. The number of carbonyl (C=O) groups excluding carboxylic acids is 1. The van der Waals surface area contributed by atoms with Crippen LogP contribution in [0.3, 0.4) is 0 Å². The van der Waals surface area contributed by atoms with E-state index in [9.17, 15) is 4.79 Å². The van der Waals surface area contributed by atoms with Gasteiger partial charge in [-0.1, -0.05) is 30.3 Å². The van der Waals surface area contributed by atoms with Crippen LogP contribution in [0.1, 0.15) is 41.7 Å². The first-order valence-corrected chi connectivity index (χ1v) is 7.95. The minimum Gasteiger partial charge on any atom is -0.372 e. The molecule has 1 heterocycles. The van der Waals surface area contributed by atoms with E-state index in [2.05, 4.69) is 10.2 Å². The van der Waals surface area contributed by atoms with Gasteiger partial charge in [-0.2, -0.15) is 0 Å². The van der Waals surface area contributed by atoms with Crippen LogP contribution in [0.25, 0.3) is 0 Å². The zero-order valence-corrected chi connectivity index (χ0v) is 13.0. The Balaban J connectivity index is 1.64. The van der Waals surface area contributed by atoms with Crippen LogP contribution < -0.4 is 10.2 Å². The van der Waals surface area contributed by atoms with E-state index in [0.717, 1.165) is 18.7 Å². The van der Waals surface area contributed by atoms with Gasteiger partial charge in [-0.3, -0.25) is 4.79 Å². The molecule has 2 aromatic carbocycles. The molecule has 114 valence electrons. The van der Waals surface area contributed by atoms with Crippen molar-refractivity contribution in [2.75, 3.05) is 18.0 Å². The summed E-state index contributed by atoms with van der Waals surface area (Å²) in [6.45, 7) is 4.25. The number of hydrogen-bond acceptors (Lipinski definition) is 2. The Morgan fingerprint density at radius 2 is 1.64 bits per heavy atom. The van der Waals surface area contributed by atoms with Gasteiger partial charge in [-0.05, 0) is 49.6 Å². The van der Waals surface area contributed by atoms with Gasteiger partial charge >= 0.3 is 0 Å². The maximum Gasteiger partial charge on any atom is 0.251 e. The fraction of sp³-hybridized carbons (Fsp3) is 0.316. The van der Waals surface area contributed by atoms with Crippen molar-refractivity contribution >= 4 is 11.6 Å². The molecule has 3 heteroatoms. The molecule has 3 rings (SSSR count). The van der Waals surface area contributed by atoms with E-state index in [1.807, 2.05) is 61.5 Å². The standard InChI is InChI=1S/C19H22N2O/c1-15(16-7-3-2-4-8-16)20-19(22)17-9-11-18(12-10-17)21-13-5-6-14-21/h2-4,7-12,15H,5-6,13-14H2,1H3,(H,20,22)/t15-/m1/s1. The number of nitrogens with one attached hydrogen (secondary N) is 1. The molecule has 3 nitrogen and oxygen atoms in total. The number of anilines is 1. The topological polar surface area (TPSA) is 32.3 Å². The molecule has 1 fully saturated rings. The van der Waals surface area contributed by atoms with Crippen LogP contribution >= 0.6 is 0 Å². The Morgan fingerprint density at radius 1 is 1.00 bits per heavy atom. The van der Waals surface area contributed by atoms with Gasteiger partial charge in [0, 0.05) is 24.3 Å². The molecule has 0 aromatic heterocycles. The zero-order chi connectivity index (χ0) is 15.4. The zero-order valence-electron chi connectivity index (χ0n) is 13.0. The normalized spacial score (nSPS) is 15.6. The van der Waals surface area contributed by atoms with Crippen LogP contribution in [-0.4, -0.2) is 19.0 Å². The Bertz CT molecular complexity index is 616. The molecular weight excluding hydrogens is 272 g/mol. The lowest BCUT2D eigenvalue weighted by molar-refractivity contribution is 0.0940. The molecule has 1 amide bonds. The fourth-order valence-corrected chi connectivity index (χ4v) is 2.90. The number of hydrogen-bond donors (Lipinski definition) is 1. The van der Waals surface area contributed by atoms with Crippen LogP contribution in [0.15, 0.2) is 54.6 Å². The second-order valence-corrected chi connectivity index (χ2v) is 5.85. The van der Waals surface area contributed by atoms with Crippen molar-refractivity contribution in [1.29, 1.82) is 0 Å². The Morgan fingerprint density at radius 3 is 2.27 bits per heavy atom. The first-order chi connectivity index (χ1) is 10.7. The Kier molecular flexibility index (Phi) is 4.42. The summed E-state index contributed by atoms with van der Waals surface area (Å²) in [4.78, 5) is 14.7. The minimum atomic E-state index is -0.0238. The predicted octanol–water partition coefficient (Wildman–Crippen LogP) is 3.78. The van der Waals surface area contributed by atoms with Crippen molar-refractivity contribution in [1.82, 2.24) is 5.32 Å². The van der Waals surface area contributed by atoms with E-state index < -0.39 is 0 Å². The Labute approximate surface area is 132 Å². The first-order valence-electron chi connectivity index (χ1n) is 7.95. The predicted molar refractivity (Wildman–Crippen MR) is 90.2 cm³/mol. The molecule has 0 unspecified atom stereocenters. The third-order valence-corrected chi connectivity index (χ3v) is 4.25. The lowest BCUT2D eigenvalue weighted by atomic mass is 10.1. The highest BCUT2D eigenvalue weighted by Crippen LogP contribution is 2.21. The average molecular weight is 294 g/mol. The first kappa shape index (κ1) is 14.6. The summed E-state index contributed by atoms with van der Waals surface area (Å²) >= 11 is 0. The van der Waals surface area contributed by atoms with E-state index in [0.29, 0.717) is 5.56 Å². The minimum absolute atomic E-state index is 0.00644. The third kappa shape index (κ3) is 3.30. The van der Waals surface area contributed by atoms with Gasteiger partial charge in [0.25, 0.3) is 5.91 Å². The molecule has 1 aliphatic heterocycles. The van der Waals surface area contributed by atoms with Gasteiger partial charge in [0.15, 0.2) is 0 Å². The van der Waals surface area contributed by atoms with E-state index in [-0.39, 0.29) is 11.9 Å². The summed E-state index contributed by atoms with van der Waals surface area (Å²) in [7, 11) is 0.